The second kappa shape index (κ2) is 16.9. The van der Waals surface area contributed by atoms with E-state index in [1.807, 2.05) is 32.5 Å². The maximum atomic E-state index is 13.4. The van der Waals surface area contributed by atoms with E-state index in [1.165, 1.54) is 32.1 Å². The normalized spacial score (nSPS) is 28.5. The summed E-state index contributed by atoms with van der Waals surface area (Å²) in [6.45, 7) is 9.23. The number of carbonyl (C=O) groups is 1. The molecule has 61 heavy (non-hydrogen) atoms. The second-order valence-corrected chi connectivity index (χ2v) is 20.2. The maximum absolute atomic E-state index is 13.4. The summed E-state index contributed by atoms with van der Waals surface area (Å²) in [6, 6.07) is 1.22. The van der Waals surface area contributed by atoms with Crippen LogP contribution in [0.25, 0.3) is 22.1 Å². The van der Waals surface area contributed by atoms with Crippen molar-refractivity contribution < 1.29 is 19.0 Å². The monoisotopic (exact) mass is 971 g/mol. The highest BCUT2D eigenvalue weighted by molar-refractivity contribution is 9.10. The third kappa shape index (κ3) is 7.80. The Morgan fingerprint density at radius 3 is 1.75 bits per heavy atom. The first-order chi connectivity index (χ1) is 29.2. The number of nitrogens with one attached hydrogen (secondary N) is 1. The van der Waals surface area contributed by atoms with E-state index in [1.54, 1.807) is 20.9 Å². The molecule has 6 saturated heterocycles. The minimum atomic E-state index is -0.551. The molecule has 332 valence electrons. The summed E-state index contributed by atoms with van der Waals surface area (Å²) in [6.07, 6.45) is 14.1. The van der Waals surface area contributed by atoms with E-state index in [-0.39, 0.29) is 41.7 Å². The predicted molar refractivity (Wildman–Crippen MR) is 238 cm³/mol. The van der Waals surface area contributed by atoms with Crippen LogP contribution in [0.1, 0.15) is 130 Å². The van der Waals surface area contributed by atoms with Gasteiger partial charge in [-0.15, -0.1) is 0 Å². The molecule has 1 N–H and O–H groups in total. The van der Waals surface area contributed by atoms with E-state index in [2.05, 4.69) is 64.1 Å². The summed E-state index contributed by atoms with van der Waals surface area (Å²) >= 11 is 6.95. The zero-order valence-electron chi connectivity index (χ0n) is 36.1. The number of hydrogen-bond donors (Lipinski definition) is 1. The van der Waals surface area contributed by atoms with Crippen molar-refractivity contribution in [3.63, 3.8) is 0 Å². The van der Waals surface area contributed by atoms with Gasteiger partial charge in [0, 0.05) is 45.4 Å². The number of halogens is 2. The van der Waals surface area contributed by atoms with Gasteiger partial charge in [0.25, 0.3) is 11.1 Å². The van der Waals surface area contributed by atoms with Crippen LogP contribution < -0.4 is 26.2 Å². The maximum Gasteiger partial charge on any atom is 0.407 e. The van der Waals surface area contributed by atoms with Gasteiger partial charge in [-0.2, -0.15) is 20.2 Å². The number of rotatable bonds is 7. The van der Waals surface area contributed by atoms with Crippen molar-refractivity contribution >= 4 is 71.9 Å². The van der Waals surface area contributed by atoms with Crippen LogP contribution in [0.4, 0.5) is 16.7 Å². The molecule has 1 amide bonds. The molecule has 0 spiro atoms. The van der Waals surface area contributed by atoms with E-state index >= 15 is 0 Å². The van der Waals surface area contributed by atoms with Gasteiger partial charge < -0.3 is 29.3 Å². The third-order valence-electron chi connectivity index (χ3n) is 13.6. The summed E-state index contributed by atoms with van der Waals surface area (Å²) in [7, 11) is 3.59. The number of aromatic nitrogens is 8. The van der Waals surface area contributed by atoms with E-state index in [4.69, 9.17) is 24.2 Å². The summed E-state index contributed by atoms with van der Waals surface area (Å²) in [5.41, 5.74) is 0.453. The number of fused-ring (bicyclic) bond motifs is 6. The molecule has 4 aromatic rings. The Labute approximate surface area is 372 Å². The van der Waals surface area contributed by atoms with Crippen LogP contribution in [0.2, 0.25) is 0 Å². The molecule has 0 saturated carbocycles. The summed E-state index contributed by atoms with van der Waals surface area (Å²) < 4.78 is 25.3. The molecule has 0 aliphatic carbocycles. The molecule has 4 aromatic heterocycles. The van der Waals surface area contributed by atoms with Crippen LogP contribution in [-0.4, -0.2) is 93.8 Å². The average Bonchev–Trinajstić information content (AvgIpc) is 4.09. The molecule has 0 radical (unpaired) electrons. The molecule has 6 fully saturated rings. The van der Waals surface area contributed by atoms with Crippen LogP contribution in [0.15, 0.2) is 18.8 Å². The average molecular weight is 974 g/mol. The van der Waals surface area contributed by atoms with Crippen molar-refractivity contribution in [3.05, 3.63) is 29.9 Å². The van der Waals surface area contributed by atoms with Gasteiger partial charge in [0.05, 0.1) is 12.1 Å². The Hall–Kier alpha value is -3.55. The van der Waals surface area contributed by atoms with Gasteiger partial charge in [0.1, 0.15) is 25.6 Å². The number of nitrogens with zero attached hydrogens (tertiary/aromatic N) is 10. The Balaban J connectivity index is 0.000000158. The van der Waals surface area contributed by atoms with Crippen molar-refractivity contribution in [3.8, 4) is 0 Å². The molecule has 0 aromatic carbocycles. The van der Waals surface area contributed by atoms with E-state index in [9.17, 15) is 14.4 Å². The van der Waals surface area contributed by atoms with Crippen molar-refractivity contribution in [2.24, 2.45) is 20.0 Å². The Kier molecular flexibility index (Phi) is 11.8. The second-order valence-electron chi connectivity index (χ2n) is 18.7. The fourth-order valence-corrected chi connectivity index (χ4v) is 12.0. The van der Waals surface area contributed by atoms with Gasteiger partial charge in [-0.3, -0.25) is 18.7 Å². The van der Waals surface area contributed by atoms with Crippen LogP contribution in [0, 0.1) is 5.92 Å². The Bertz CT molecular complexity index is 2410. The smallest absolute Gasteiger partial charge is 0.407 e. The largest absolute Gasteiger partial charge is 0.444 e. The number of anilines is 2. The number of carbonyl (C=O) groups excluding carboxylic acids is 1. The SMILES string of the molecule is CCC[C@@H]1C[C@@H]2CC[C@H]1N2c1nc2c(c(Br)nn2C2CCCCO2)c(=O)n1C.Cn1c(N2[C@H]3CC[C@@H]2[C@H](NC(=O)OC(C)(C)C)C3)nc2c(c(Br)nn2C2CCCCO2)c1=O. The molecular formula is C42H59Br2N11O6. The summed E-state index contributed by atoms with van der Waals surface area (Å²) in [5, 5.41) is 13.2. The first-order valence-corrected chi connectivity index (χ1v) is 23.9. The number of hydrogen-bond acceptors (Lipinski definition) is 12. The molecule has 6 aliphatic rings. The predicted octanol–water partition coefficient (Wildman–Crippen LogP) is 6.98. The standard InChI is InChI=1S/C22H31BrN6O4.C20H28BrN5O2/c1-22(2,3)33-21(31)24-13-11-12-8-9-14(13)28(12)20-25-18-16(19(30)27(20)4)17(23)26-29(18)15-7-5-6-10-32-15;1-3-6-12-11-13-8-9-14(12)25(13)20-22-18-16(19(27)24(20)2)17(21)23-26(18)15-7-4-5-10-28-15/h12-15H,5-11H2,1-4H3,(H,24,31);12-15H,3-11H2,1-2H3/t12-,13+,14+,15?;12-,13+,14-,15?/m01/s1. The molecule has 10 heterocycles. The fraction of sp³-hybridized carbons (Fsp3) is 0.738. The third-order valence-corrected chi connectivity index (χ3v) is 14.7. The van der Waals surface area contributed by atoms with Gasteiger partial charge in [0.15, 0.2) is 23.8 Å². The zero-order chi connectivity index (χ0) is 42.9. The molecule has 8 atom stereocenters. The van der Waals surface area contributed by atoms with Crippen LogP contribution in [0.3, 0.4) is 0 Å². The highest BCUT2D eigenvalue weighted by Gasteiger charge is 2.50. The van der Waals surface area contributed by atoms with Crippen molar-refractivity contribution in [1.82, 2.24) is 44.0 Å². The van der Waals surface area contributed by atoms with Crippen molar-refractivity contribution in [1.29, 1.82) is 0 Å². The fourth-order valence-electron chi connectivity index (χ4n) is 11.0. The first-order valence-electron chi connectivity index (χ1n) is 22.3. The molecule has 6 aliphatic heterocycles. The number of amides is 1. The van der Waals surface area contributed by atoms with Gasteiger partial charge in [0.2, 0.25) is 11.9 Å². The highest BCUT2D eigenvalue weighted by atomic mass is 79.9. The lowest BCUT2D eigenvalue weighted by molar-refractivity contribution is -0.0373. The Morgan fingerprint density at radius 1 is 0.754 bits per heavy atom. The summed E-state index contributed by atoms with van der Waals surface area (Å²) in [5.74, 6) is 2.13. The topological polar surface area (TPSA) is 169 Å². The first kappa shape index (κ1) is 42.7. The van der Waals surface area contributed by atoms with Crippen LogP contribution in [-0.2, 0) is 28.3 Å². The van der Waals surface area contributed by atoms with Gasteiger partial charge in [-0.05, 0) is 142 Å². The molecule has 10 rings (SSSR count). The van der Waals surface area contributed by atoms with Crippen molar-refractivity contribution in [2.75, 3.05) is 23.0 Å². The number of ether oxygens (including phenoxy) is 3. The molecular weight excluding hydrogens is 914 g/mol. The number of alkyl carbamates (subject to hydrolysis) is 1. The van der Waals surface area contributed by atoms with E-state index in [0.717, 1.165) is 76.3 Å². The Morgan fingerprint density at radius 2 is 1.26 bits per heavy atom. The highest BCUT2D eigenvalue weighted by Crippen LogP contribution is 2.46. The molecule has 4 bridgehead atoms. The van der Waals surface area contributed by atoms with Crippen LogP contribution in [0.5, 0.6) is 0 Å². The summed E-state index contributed by atoms with van der Waals surface area (Å²) in [4.78, 5) is 53.6. The lowest BCUT2D eigenvalue weighted by Gasteiger charge is -2.28. The van der Waals surface area contributed by atoms with Gasteiger partial charge in [-0.25, -0.2) is 14.2 Å². The zero-order valence-corrected chi connectivity index (χ0v) is 39.3. The van der Waals surface area contributed by atoms with E-state index in [0.29, 0.717) is 55.9 Å². The van der Waals surface area contributed by atoms with Gasteiger partial charge >= 0.3 is 6.09 Å². The minimum Gasteiger partial charge on any atom is -0.444 e. The lowest BCUT2D eigenvalue weighted by atomic mass is 9.86. The quantitative estimate of drug-likeness (QED) is 0.202. The van der Waals surface area contributed by atoms with Crippen molar-refractivity contribution in [2.45, 2.75) is 166 Å². The van der Waals surface area contributed by atoms with Gasteiger partial charge in [-0.1, -0.05) is 13.3 Å². The van der Waals surface area contributed by atoms with E-state index < -0.39 is 11.7 Å². The molecule has 19 heteroatoms. The molecule has 2 unspecified atom stereocenters. The minimum absolute atomic E-state index is 0.0349. The molecule has 17 nitrogen and oxygen atoms in total. The van der Waals surface area contributed by atoms with Crippen LogP contribution >= 0.6 is 31.9 Å². The lowest BCUT2D eigenvalue weighted by Crippen LogP contribution is -2.46.